The van der Waals surface area contributed by atoms with Gasteiger partial charge in [-0.05, 0) is 37.1 Å². The predicted octanol–water partition coefficient (Wildman–Crippen LogP) is 2.41. The van der Waals surface area contributed by atoms with Crippen LogP contribution in [0.2, 0.25) is 0 Å². The monoisotopic (exact) mass is 273 g/mol. The fourth-order valence-electron chi connectivity index (χ4n) is 2.34. The van der Waals surface area contributed by atoms with Crippen molar-refractivity contribution in [1.29, 1.82) is 0 Å². The minimum absolute atomic E-state index is 0.0975. The molecule has 0 aromatic heterocycles. The summed E-state index contributed by atoms with van der Waals surface area (Å²) in [6, 6.07) is 6.97. The van der Waals surface area contributed by atoms with Crippen molar-refractivity contribution in [2.24, 2.45) is 0 Å². The van der Waals surface area contributed by atoms with Gasteiger partial charge >= 0.3 is 0 Å². The second-order valence-corrected chi connectivity index (χ2v) is 5.10. The maximum absolute atomic E-state index is 8.80. The molecule has 1 aliphatic rings. The quantitative estimate of drug-likeness (QED) is 0.808. The summed E-state index contributed by atoms with van der Waals surface area (Å²) in [4.78, 5) is 2.51. The smallest absolute Gasteiger partial charge is 0.134 e. The van der Waals surface area contributed by atoms with Gasteiger partial charge in [0.2, 0.25) is 0 Å². The molecule has 1 aliphatic carbocycles. The number of rotatable bonds is 6. The highest BCUT2D eigenvalue weighted by Gasteiger charge is 2.27. The van der Waals surface area contributed by atoms with Gasteiger partial charge in [-0.2, -0.15) is 0 Å². The lowest BCUT2D eigenvalue weighted by Crippen LogP contribution is -2.25. The molecule has 3 heteroatoms. The van der Waals surface area contributed by atoms with Crippen molar-refractivity contribution in [3.05, 3.63) is 29.3 Å². The lowest BCUT2D eigenvalue weighted by molar-refractivity contribution is 0.269. The number of hydrogen-bond donors (Lipinski definition) is 1. The molecule has 1 aromatic carbocycles. The summed E-state index contributed by atoms with van der Waals surface area (Å²) in [7, 11) is 1.66. The fraction of sp³-hybridized carbons (Fsp3) is 0.529. The van der Waals surface area contributed by atoms with Gasteiger partial charge in [-0.3, -0.25) is 4.90 Å². The van der Waals surface area contributed by atoms with Crippen molar-refractivity contribution < 1.29 is 9.84 Å². The first-order chi connectivity index (χ1) is 9.78. The Morgan fingerprint density at radius 3 is 2.80 bits per heavy atom. The van der Waals surface area contributed by atoms with Gasteiger partial charge in [0, 0.05) is 19.0 Å². The predicted molar refractivity (Wildman–Crippen MR) is 80.7 cm³/mol. The molecular formula is C17H23NO2. The summed E-state index contributed by atoms with van der Waals surface area (Å²) >= 11 is 0. The summed E-state index contributed by atoms with van der Waals surface area (Å²) < 4.78 is 5.34. The van der Waals surface area contributed by atoms with Gasteiger partial charge in [0.05, 0.1) is 19.3 Å². The van der Waals surface area contributed by atoms with E-state index in [1.165, 1.54) is 18.4 Å². The van der Waals surface area contributed by atoms with E-state index in [2.05, 4.69) is 35.8 Å². The van der Waals surface area contributed by atoms with Crippen LogP contribution in [-0.4, -0.2) is 36.3 Å². The minimum Gasteiger partial charge on any atom is -0.495 e. The normalized spacial score (nSPS) is 14.0. The molecule has 0 heterocycles. The zero-order valence-electron chi connectivity index (χ0n) is 12.4. The van der Waals surface area contributed by atoms with Crippen molar-refractivity contribution >= 4 is 0 Å². The van der Waals surface area contributed by atoms with E-state index in [1.54, 1.807) is 7.11 Å². The Kier molecular flexibility index (Phi) is 5.46. The van der Waals surface area contributed by atoms with Crippen molar-refractivity contribution in [3.8, 4) is 17.6 Å². The van der Waals surface area contributed by atoms with Gasteiger partial charge in [0.1, 0.15) is 5.75 Å². The van der Waals surface area contributed by atoms with Crippen LogP contribution in [0.5, 0.6) is 5.75 Å². The highest BCUT2D eigenvalue weighted by atomic mass is 16.5. The molecule has 3 nitrogen and oxygen atoms in total. The number of benzene rings is 1. The average molecular weight is 273 g/mol. The molecule has 0 radical (unpaired) electrons. The molecule has 1 saturated carbocycles. The molecule has 0 amide bonds. The van der Waals surface area contributed by atoms with E-state index in [4.69, 9.17) is 9.84 Å². The van der Waals surface area contributed by atoms with E-state index in [-0.39, 0.29) is 6.61 Å². The first-order valence-electron chi connectivity index (χ1n) is 7.29. The molecule has 20 heavy (non-hydrogen) atoms. The maximum Gasteiger partial charge on any atom is 0.134 e. The van der Waals surface area contributed by atoms with Crippen LogP contribution >= 0.6 is 0 Å². The first kappa shape index (κ1) is 14.9. The molecule has 0 aliphatic heterocycles. The number of ether oxygens (including phenoxy) is 1. The Hall–Kier alpha value is -1.50. The Morgan fingerprint density at radius 1 is 1.40 bits per heavy atom. The van der Waals surface area contributed by atoms with Crippen molar-refractivity contribution in [2.45, 2.75) is 38.8 Å². The summed E-state index contributed by atoms with van der Waals surface area (Å²) in [5, 5.41) is 8.80. The zero-order valence-corrected chi connectivity index (χ0v) is 12.4. The van der Waals surface area contributed by atoms with Crippen LogP contribution < -0.4 is 4.74 Å². The second kappa shape index (κ2) is 7.33. The van der Waals surface area contributed by atoms with Crippen molar-refractivity contribution in [2.75, 3.05) is 20.3 Å². The van der Waals surface area contributed by atoms with Gasteiger partial charge in [0.25, 0.3) is 0 Å². The minimum atomic E-state index is 0.0975. The molecule has 1 fully saturated rings. The Balaban J connectivity index is 2.13. The lowest BCUT2D eigenvalue weighted by Gasteiger charge is -2.20. The van der Waals surface area contributed by atoms with E-state index >= 15 is 0 Å². The molecule has 0 unspecified atom stereocenters. The van der Waals surface area contributed by atoms with Crippen molar-refractivity contribution in [3.63, 3.8) is 0 Å². The van der Waals surface area contributed by atoms with Gasteiger partial charge in [0.15, 0.2) is 0 Å². The van der Waals surface area contributed by atoms with Gasteiger partial charge < -0.3 is 9.84 Å². The molecule has 0 spiro atoms. The Bertz CT molecular complexity index is 497. The number of aliphatic hydroxyl groups is 1. The SMILES string of the molecule is CCN(Cc1ccc(OC)c(C#CCCO)c1)C1CC1. The first-order valence-corrected chi connectivity index (χ1v) is 7.29. The average Bonchev–Trinajstić information content (AvgIpc) is 3.30. The highest BCUT2D eigenvalue weighted by Crippen LogP contribution is 2.28. The summed E-state index contributed by atoms with van der Waals surface area (Å²) in [5.41, 5.74) is 2.18. The second-order valence-electron chi connectivity index (χ2n) is 5.10. The molecule has 0 atom stereocenters. The van der Waals surface area contributed by atoms with Gasteiger partial charge in [-0.25, -0.2) is 0 Å². The Labute approximate surface area is 121 Å². The standard InChI is InChI=1S/C17H23NO2/c1-3-18(16-8-9-16)13-14-7-10-17(20-2)15(12-14)6-4-5-11-19/h7,10,12,16,19H,3,5,8-9,11,13H2,1-2H3. The third-order valence-electron chi connectivity index (χ3n) is 3.58. The summed E-state index contributed by atoms with van der Waals surface area (Å²) in [6.45, 7) is 4.37. The van der Waals surface area contributed by atoms with E-state index in [0.29, 0.717) is 6.42 Å². The van der Waals surface area contributed by atoms with Crippen LogP contribution in [0.1, 0.15) is 37.3 Å². The van der Waals surface area contributed by atoms with Crippen LogP contribution in [-0.2, 0) is 6.54 Å². The summed E-state index contributed by atoms with van der Waals surface area (Å²) in [5.74, 6) is 6.85. The summed E-state index contributed by atoms with van der Waals surface area (Å²) in [6.07, 6.45) is 3.15. The van der Waals surface area contributed by atoms with E-state index in [0.717, 1.165) is 30.4 Å². The molecule has 1 aromatic rings. The molecule has 0 saturated heterocycles. The Morgan fingerprint density at radius 2 is 2.20 bits per heavy atom. The zero-order chi connectivity index (χ0) is 14.4. The number of aliphatic hydroxyl groups excluding tert-OH is 1. The molecule has 108 valence electrons. The van der Waals surface area contributed by atoms with Gasteiger partial charge in [-0.15, -0.1) is 0 Å². The van der Waals surface area contributed by atoms with E-state index in [9.17, 15) is 0 Å². The van der Waals surface area contributed by atoms with Crippen LogP contribution in [0, 0.1) is 11.8 Å². The number of nitrogens with zero attached hydrogens (tertiary/aromatic N) is 1. The maximum atomic E-state index is 8.80. The van der Waals surface area contributed by atoms with Crippen LogP contribution in [0.25, 0.3) is 0 Å². The topological polar surface area (TPSA) is 32.7 Å². The third-order valence-corrected chi connectivity index (χ3v) is 3.58. The molecule has 2 rings (SSSR count). The largest absolute Gasteiger partial charge is 0.495 e. The van der Waals surface area contributed by atoms with Crippen LogP contribution in [0.4, 0.5) is 0 Å². The van der Waals surface area contributed by atoms with Crippen molar-refractivity contribution in [1.82, 2.24) is 4.90 Å². The van der Waals surface area contributed by atoms with E-state index < -0.39 is 0 Å². The van der Waals surface area contributed by atoms with E-state index in [1.807, 2.05) is 6.07 Å². The molecule has 0 bridgehead atoms. The van der Waals surface area contributed by atoms with Crippen LogP contribution in [0.15, 0.2) is 18.2 Å². The molecule has 1 N–H and O–H groups in total. The number of methoxy groups -OCH3 is 1. The van der Waals surface area contributed by atoms with Gasteiger partial charge in [-0.1, -0.05) is 24.8 Å². The molecular weight excluding hydrogens is 250 g/mol. The van der Waals surface area contributed by atoms with Crippen LogP contribution in [0.3, 0.4) is 0 Å². The number of hydrogen-bond acceptors (Lipinski definition) is 3. The third kappa shape index (κ3) is 4.00. The highest BCUT2D eigenvalue weighted by molar-refractivity contribution is 5.48. The fourth-order valence-corrected chi connectivity index (χ4v) is 2.34. The lowest BCUT2D eigenvalue weighted by atomic mass is 10.1.